The summed E-state index contributed by atoms with van der Waals surface area (Å²) in [6.45, 7) is 0. The number of Topliss-reactive ketones (excluding diaryl/α,β-unsaturated/α-hetero) is 1. The lowest BCUT2D eigenvalue weighted by Gasteiger charge is -1.99. The summed E-state index contributed by atoms with van der Waals surface area (Å²) in [5.41, 5.74) is 0.787. The molecule has 0 saturated heterocycles. The number of carbonyl (C=O) groups is 1. The Kier molecular flexibility index (Phi) is 2.87. The second kappa shape index (κ2) is 4.14. The first kappa shape index (κ1) is 9.72. The van der Waals surface area contributed by atoms with Crippen molar-refractivity contribution in [3.8, 4) is 0 Å². The SMILES string of the molecule is O=C(CCC1CC1)c1ccc(Cl)cc1. The Morgan fingerprint density at radius 3 is 2.50 bits per heavy atom. The van der Waals surface area contributed by atoms with Gasteiger partial charge in [-0.1, -0.05) is 24.4 Å². The molecule has 14 heavy (non-hydrogen) atoms. The molecule has 0 bridgehead atoms. The van der Waals surface area contributed by atoms with E-state index in [2.05, 4.69) is 0 Å². The van der Waals surface area contributed by atoms with Crippen molar-refractivity contribution < 1.29 is 4.79 Å². The van der Waals surface area contributed by atoms with Crippen LogP contribution in [0.5, 0.6) is 0 Å². The molecule has 74 valence electrons. The largest absolute Gasteiger partial charge is 0.294 e. The fourth-order valence-corrected chi connectivity index (χ4v) is 1.65. The zero-order chi connectivity index (χ0) is 9.97. The molecule has 1 aromatic carbocycles. The Hall–Kier alpha value is -0.820. The summed E-state index contributed by atoms with van der Waals surface area (Å²) >= 11 is 5.74. The molecule has 1 aromatic rings. The molecular formula is C12H13ClO. The van der Waals surface area contributed by atoms with Crippen molar-refractivity contribution in [2.45, 2.75) is 25.7 Å². The molecule has 1 saturated carbocycles. The molecule has 0 aromatic heterocycles. The van der Waals surface area contributed by atoms with Crippen molar-refractivity contribution in [1.29, 1.82) is 0 Å². The first-order chi connectivity index (χ1) is 6.75. The van der Waals surface area contributed by atoms with Gasteiger partial charge in [0.2, 0.25) is 0 Å². The molecule has 0 aliphatic heterocycles. The first-order valence-corrected chi connectivity index (χ1v) is 5.42. The van der Waals surface area contributed by atoms with E-state index in [-0.39, 0.29) is 5.78 Å². The van der Waals surface area contributed by atoms with Crippen molar-refractivity contribution in [2.75, 3.05) is 0 Å². The van der Waals surface area contributed by atoms with Gasteiger partial charge in [0.25, 0.3) is 0 Å². The van der Waals surface area contributed by atoms with E-state index in [1.54, 1.807) is 24.3 Å². The number of hydrogen-bond donors (Lipinski definition) is 0. The molecule has 1 aliphatic carbocycles. The third-order valence-corrected chi connectivity index (χ3v) is 2.89. The van der Waals surface area contributed by atoms with Crippen molar-refractivity contribution in [3.05, 3.63) is 34.9 Å². The summed E-state index contributed by atoms with van der Waals surface area (Å²) in [5.74, 6) is 1.07. The quantitative estimate of drug-likeness (QED) is 0.690. The summed E-state index contributed by atoms with van der Waals surface area (Å²) in [7, 11) is 0. The Morgan fingerprint density at radius 2 is 1.93 bits per heavy atom. The second-order valence-electron chi connectivity index (χ2n) is 3.91. The fourth-order valence-electron chi connectivity index (χ4n) is 1.52. The Balaban J connectivity index is 1.92. The summed E-state index contributed by atoms with van der Waals surface area (Å²) in [5, 5.41) is 0.684. The average molecular weight is 209 g/mol. The Labute approximate surface area is 89.1 Å². The minimum atomic E-state index is 0.244. The maximum absolute atomic E-state index is 11.6. The van der Waals surface area contributed by atoms with Crippen LogP contribution in [0.2, 0.25) is 5.02 Å². The Bertz CT molecular complexity index is 325. The van der Waals surface area contributed by atoms with Gasteiger partial charge < -0.3 is 0 Å². The van der Waals surface area contributed by atoms with Gasteiger partial charge in [0.05, 0.1) is 0 Å². The molecule has 2 rings (SSSR count). The molecule has 0 atom stereocenters. The molecule has 0 radical (unpaired) electrons. The van der Waals surface area contributed by atoms with Gasteiger partial charge >= 0.3 is 0 Å². The number of carbonyl (C=O) groups excluding carboxylic acids is 1. The van der Waals surface area contributed by atoms with Crippen LogP contribution in [0.15, 0.2) is 24.3 Å². The summed E-state index contributed by atoms with van der Waals surface area (Å²) in [6, 6.07) is 7.15. The third-order valence-electron chi connectivity index (χ3n) is 2.64. The summed E-state index contributed by atoms with van der Waals surface area (Å²) in [4.78, 5) is 11.6. The normalized spacial score (nSPS) is 15.5. The van der Waals surface area contributed by atoms with Crippen LogP contribution in [0.1, 0.15) is 36.0 Å². The van der Waals surface area contributed by atoms with Crippen LogP contribution in [0.4, 0.5) is 0 Å². The predicted molar refractivity (Wildman–Crippen MR) is 57.7 cm³/mol. The second-order valence-corrected chi connectivity index (χ2v) is 4.35. The van der Waals surface area contributed by atoms with Crippen molar-refractivity contribution in [3.63, 3.8) is 0 Å². The molecule has 0 unspecified atom stereocenters. The molecule has 1 fully saturated rings. The van der Waals surface area contributed by atoms with Gasteiger partial charge in [0.1, 0.15) is 0 Å². The highest BCUT2D eigenvalue weighted by molar-refractivity contribution is 6.30. The minimum Gasteiger partial charge on any atom is -0.294 e. The van der Waals surface area contributed by atoms with Gasteiger partial charge in [0.15, 0.2) is 5.78 Å². The number of hydrogen-bond acceptors (Lipinski definition) is 1. The molecule has 1 nitrogen and oxygen atoms in total. The van der Waals surface area contributed by atoms with Crippen molar-refractivity contribution in [2.24, 2.45) is 5.92 Å². The standard InChI is InChI=1S/C12H13ClO/c13-11-6-4-10(5-7-11)12(14)8-3-9-1-2-9/h4-7,9H,1-3,8H2. The van der Waals surface area contributed by atoms with E-state index in [1.807, 2.05) is 0 Å². The van der Waals surface area contributed by atoms with E-state index in [4.69, 9.17) is 11.6 Å². The van der Waals surface area contributed by atoms with Crippen molar-refractivity contribution >= 4 is 17.4 Å². The molecule has 0 heterocycles. The molecule has 2 heteroatoms. The number of ketones is 1. The van der Waals surface area contributed by atoms with Crippen LogP contribution in [0.25, 0.3) is 0 Å². The van der Waals surface area contributed by atoms with Crippen LogP contribution in [0.3, 0.4) is 0 Å². The lowest BCUT2D eigenvalue weighted by molar-refractivity contribution is 0.0978. The summed E-state index contributed by atoms with van der Waals surface area (Å²) < 4.78 is 0. The van der Waals surface area contributed by atoms with E-state index in [1.165, 1.54) is 12.8 Å². The highest BCUT2D eigenvalue weighted by atomic mass is 35.5. The van der Waals surface area contributed by atoms with Crippen LogP contribution in [-0.2, 0) is 0 Å². The fraction of sp³-hybridized carbons (Fsp3) is 0.417. The number of halogens is 1. The maximum Gasteiger partial charge on any atom is 0.162 e. The molecule has 0 spiro atoms. The molecule has 1 aliphatic rings. The van der Waals surface area contributed by atoms with Crippen LogP contribution in [-0.4, -0.2) is 5.78 Å². The van der Waals surface area contributed by atoms with Gasteiger partial charge in [0, 0.05) is 17.0 Å². The maximum atomic E-state index is 11.6. The van der Waals surface area contributed by atoms with Crippen LogP contribution in [0, 0.1) is 5.92 Å². The van der Waals surface area contributed by atoms with Gasteiger partial charge in [-0.15, -0.1) is 0 Å². The molecule has 0 amide bonds. The number of rotatable bonds is 4. The van der Waals surface area contributed by atoms with Gasteiger partial charge in [-0.2, -0.15) is 0 Å². The highest BCUT2D eigenvalue weighted by Gasteiger charge is 2.21. The molecule has 0 N–H and O–H groups in total. The zero-order valence-corrected chi connectivity index (χ0v) is 8.76. The first-order valence-electron chi connectivity index (χ1n) is 5.04. The topological polar surface area (TPSA) is 17.1 Å². The summed E-state index contributed by atoms with van der Waals surface area (Å²) in [6.07, 6.45) is 4.37. The lowest BCUT2D eigenvalue weighted by atomic mass is 10.1. The van der Waals surface area contributed by atoms with Gasteiger partial charge in [-0.25, -0.2) is 0 Å². The zero-order valence-electron chi connectivity index (χ0n) is 8.00. The highest BCUT2D eigenvalue weighted by Crippen LogP contribution is 2.33. The van der Waals surface area contributed by atoms with Gasteiger partial charge in [-0.05, 0) is 36.6 Å². The minimum absolute atomic E-state index is 0.244. The van der Waals surface area contributed by atoms with E-state index in [9.17, 15) is 4.79 Å². The van der Waals surface area contributed by atoms with Crippen molar-refractivity contribution in [1.82, 2.24) is 0 Å². The van der Waals surface area contributed by atoms with E-state index >= 15 is 0 Å². The lowest BCUT2D eigenvalue weighted by Crippen LogP contribution is -1.98. The van der Waals surface area contributed by atoms with Gasteiger partial charge in [-0.3, -0.25) is 4.79 Å². The number of benzene rings is 1. The predicted octanol–water partition coefficient (Wildman–Crippen LogP) is 3.71. The van der Waals surface area contributed by atoms with E-state index in [0.717, 1.165) is 17.9 Å². The Morgan fingerprint density at radius 1 is 1.29 bits per heavy atom. The van der Waals surface area contributed by atoms with E-state index < -0.39 is 0 Å². The average Bonchev–Trinajstić information content (AvgIpc) is 2.99. The monoisotopic (exact) mass is 208 g/mol. The van der Waals surface area contributed by atoms with E-state index in [0.29, 0.717) is 11.4 Å². The molecular weight excluding hydrogens is 196 g/mol. The third kappa shape index (κ3) is 2.58. The van der Waals surface area contributed by atoms with Crippen LogP contribution >= 0.6 is 11.6 Å². The smallest absolute Gasteiger partial charge is 0.162 e. The van der Waals surface area contributed by atoms with Crippen LogP contribution < -0.4 is 0 Å².